The molecule has 0 saturated heterocycles. The van der Waals surface area contributed by atoms with E-state index in [1.165, 1.54) is 43.2 Å². The second kappa shape index (κ2) is 19.9. The van der Waals surface area contributed by atoms with E-state index < -0.39 is 0 Å². The number of nitrogens with two attached hydrogens (primary N) is 3. The quantitative estimate of drug-likeness (QED) is 0.195. The molecule has 0 atom stereocenters. The number of hydrogen-bond acceptors (Lipinski definition) is 6. The summed E-state index contributed by atoms with van der Waals surface area (Å²) in [5.74, 6) is 0. The van der Waals surface area contributed by atoms with Gasteiger partial charge in [-0.25, -0.2) is 0 Å². The van der Waals surface area contributed by atoms with Gasteiger partial charge in [-0.3, -0.25) is 4.90 Å². The molecule has 0 aliphatic rings. The Morgan fingerprint density at radius 2 is 1.03 bits per heavy atom. The van der Waals surface area contributed by atoms with Crippen LogP contribution in [-0.4, -0.2) is 57.3 Å². The smallest absolute Gasteiger partial charge is 0.0233 e. The van der Waals surface area contributed by atoms with Crippen molar-refractivity contribution in [3.8, 4) is 0 Å². The Hall–Kier alpha value is -1.02. The first kappa shape index (κ1) is 27.0. The van der Waals surface area contributed by atoms with E-state index in [1.54, 1.807) is 0 Å². The highest BCUT2D eigenvalue weighted by Gasteiger charge is 2.06. The SMILES string of the molecule is NCCCCNCCCCNCc1ccc(CN(CCCCN)CCCCN)cc1. The zero-order valence-electron chi connectivity index (χ0n) is 19.2. The van der Waals surface area contributed by atoms with E-state index in [0.717, 1.165) is 84.7 Å². The summed E-state index contributed by atoms with van der Waals surface area (Å²) in [6.07, 6.45) is 9.28. The Kier molecular flexibility index (Phi) is 17.9. The zero-order chi connectivity index (χ0) is 21.7. The van der Waals surface area contributed by atoms with E-state index in [2.05, 4.69) is 39.8 Å². The molecule has 0 spiro atoms. The van der Waals surface area contributed by atoms with Crippen molar-refractivity contribution in [1.29, 1.82) is 0 Å². The van der Waals surface area contributed by atoms with Gasteiger partial charge in [0, 0.05) is 13.1 Å². The van der Waals surface area contributed by atoms with E-state index >= 15 is 0 Å². The lowest BCUT2D eigenvalue weighted by atomic mass is 10.1. The number of hydrogen-bond donors (Lipinski definition) is 5. The summed E-state index contributed by atoms with van der Waals surface area (Å²) in [6.45, 7) is 9.83. The minimum atomic E-state index is 0.781. The first-order valence-electron chi connectivity index (χ1n) is 12.1. The minimum absolute atomic E-state index is 0.781. The molecule has 30 heavy (non-hydrogen) atoms. The van der Waals surface area contributed by atoms with Crippen molar-refractivity contribution in [2.24, 2.45) is 17.2 Å². The molecular formula is C24H48N6. The summed E-state index contributed by atoms with van der Waals surface area (Å²) in [6, 6.07) is 9.08. The fraction of sp³-hybridized carbons (Fsp3) is 0.750. The second-order valence-corrected chi connectivity index (χ2v) is 8.21. The summed E-state index contributed by atoms with van der Waals surface area (Å²) < 4.78 is 0. The van der Waals surface area contributed by atoms with Gasteiger partial charge in [0.05, 0.1) is 0 Å². The average Bonchev–Trinajstić information content (AvgIpc) is 2.76. The van der Waals surface area contributed by atoms with E-state index in [0.29, 0.717) is 0 Å². The number of rotatable bonds is 21. The summed E-state index contributed by atoms with van der Waals surface area (Å²) in [4.78, 5) is 2.54. The third-order valence-corrected chi connectivity index (χ3v) is 5.38. The standard InChI is InChI=1S/C24H48N6/c25-13-1-4-16-28-17-5-6-18-29-21-23-9-11-24(12-10-23)22-30(19-7-2-14-26)20-8-3-15-27/h9-12,28-29H,1-8,13-22,25-27H2. The van der Waals surface area contributed by atoms with Gasteiger partial charge in [-0.15, -0.1) is 0 Å². The van der Waals surface area contributed by atoms with Crippen molar-refractivity contribution in [1.82, 2.24) is 15.5 Å². The Bertz CT molecular complexity index is 469. The van der Waals surface area contributed by atoms with Crippen molar-refractivity contribution in [3.63, 3.8) is 0 Å². The summed E-state index contributed by atoms with van der Waals surface area (Å²) in [5, 5.41) is 7.05. The van der Waals surface area contributed by atoms with E-state index in [9.17, 15) is 0 Å². The van der Waals surface area contributed by atoms with Crippen LogP contribution in [0.2, 0.25) is 0 Å². The molecule has 0 fully saturated rings. The van der Waals surface area contributed by atoms with Gasteiger partial charge in [0.2, 0.25) is 0 Å². The summed E-state index contributed by atoms with van der Waals surface area (Å²) >= 11 is 0. The number of nitrogens with one attached hydrogen (secondary N) is 2. The molecule has 0 aliphatic heterocycles. The lowest BCUT2D eigenvalue weighted by molar-refractivity contribution is 0.255. The van der Waals surface area contributed by atoms with Crippen LogP contribution < -0.4 is 27.8 Å². The monoisotopic (exact) mass is 420 g/mol. The fourth-order valence-electron chi connectivity index (χ4n) is 3.50. The van der Waals surface area contributed by atoms with Gasteiger partial charge in [0.15, 0.2) is 0 Å². The van der Waals surface area contributed by atoms with Crippen LogP contribution in [0.25, 0.3) is 0 Å². The molecule has 6 nitrogen and oxygen atoms in total. The molecule has 0 aromatic heterocycles. The van der Waals surface area contributed by atoms with Crippen molar-refractivity contribution < 1.29 is 0 Å². The van der Waals surface area contributed by atoms with Gasteiger partial charge in [0.25, 0.3) is 0 Å². The first-order chi connectivity index (χ1) is 14.8. The Morgan fingerprint density at radius 1 is 0.567 bits per heavy atom. The van der Waals surface area contributed by atoms with Crippen LogP contribution in [0.3, 0.4) is 0 Å². The molecule has 6 heteroatoms. The van der Waals surface area contributed by atoms with Gasteiger partial charge < -0.3 is 27.8 Å². The zero-order valence-corrected chi connectivity index (χ0v) is 19.2. The second-order valence-electron chi connectivity index (χ2n) is 8.21. The fourth-order valence-corrected chi connectivity index (χ4v) is 3.50. The lowest BCUT2D eigenvalue weighted by Gasteiger charge is -2.22. The van der Waals surface area contributed by atoms with Crippen LogP contribution in [0.15, 0.2) is 24.3 Å². The highest BCUT2D eigenvalue weighted by molar-refractivity contribution is 5.22. The van der Waals surface area contributed by atoms with Gasteiger partial charge in [-0.2, -0.15) is 0 Å². The molecule has 0 bridgehead atoms. The summed E-state index contributed by atoms with van der Waals surface area (Å²) in [5.41, 5.74) is 19.6. The topological polar surface area (TPSA) is 105 Å². The average molecular weight is 421 g/mol. The third-order valence-electron chi connectivity index (χ3n) is 5.38. The van der Waals surface area contributed by atoms with Crippen molar-refractivity contribution in [2.45, 2.75) is 64.5 Å². The van der Waals surface area contributed by atoms with Gasteiger partial charge >= 0.3 is 0 Å². The molecule has 0 radical (unpaired) electrons. The largest absolute Gasteiger partial charge is 0.330 e. The molecule has 1 rings (SSSR count). The van der Waals surface area contributed by atoms with Crippen molar-refractivity contribution in [2.75, 3.05) is 52.4 Å². The third kappa shape index (κ3) is 14.9. The number of unbranched alkanes of at least 4 members (excludes halogenated alkanes) is 4. The first-order valence-corrected chi connectivity index (χ1v) is 12.1. The summed E-state index contributed by atoms with van der Waals surface area (Å²) in [7, 11) is 0. The predicted octanol–water partition coefficient (Wildman–Crippen LogP) is 2.16. The molecule has 0 saturated carbocycles. The van der Waals surface area contributed by atoms with E-state index in [-0.39, 0.29) is 0 Å². The van der Waals surface area contributed by atoms with Gasteiger partial charge in [-0.05, 0) is 115 Å². The van der Waals surface area contributed by atoms with Crippen molar-refractivity contribution in [3.05, 3.63) is 35.4 Å². The molecule has 8 N–H and O–H groups in total. The maximum absolute atomic E-state index is 5.65. The van der Waals surface area contributed by atoms with E-state index in [1.807, 2.05) is 0 Å². The van der Waals surface area contributed by atoms with Crippen molar-refractivity contribution >= 4 is 0 Å². The van der Waals surface area contributed by atoms with Gasteiger partial charge in [0.1, 0.15) is 0 Å². The highest BCUT2D eigenvalue weighted by Crippen LogP contribution is 2.10. The highest BCUT2D eigenvalue weighted by atomic mass is 15.1. The maximum atomic E-state index is 5.65. The molecule has 0 amide bonds. The Balaban J connectivity index is 2.20. The number of nitrogens with zero attached hydrogens (tertiary/aromatic N) is 1. The van der Waals surface area contributed by atoms with Crippen LogP contribution in [0.1, 0.15) is 62.5 Å². The molecule has 0 aliphatic carbocycles. The lowest BCUT2D eigenvalue weighted by Crippen LogP contribution is -2.26. The van der Waals surface area contributed by atoms with E-state index in [4.69, 9.17) is 17.2 Å². The molecule has 1 aromatic rings. The Labute approximate surface area is 185 Å². The molecular weight excluding hydrogens is 372 g/mol. The van der Waals surface area contributed by atoms with Crippen LogP contribution in [-0.2, 0) is 13.1 Å². The van der Waals surface area contributed by atoms with Crippen LogP contribution in [0.5, 0.6) is 0 Å². The molecule has 0 unspecified atom stereocenters. The normalized spacial score (nSPS) is 11.5. The molecule has 0 heterocycles. The number of benzene rings is 1. The van der Waals surface area contributed by atoms with Gasteiger partial charge in [-0.1, -0.05) is 24.3 Å². The van der Waals surface area contributed by atoms with Crippen LogP contribution in [0, 0.1) is 0 Å². The minimum Gasteiger partial charge on any atom is -0.330 e. The Morgan fingerprint density at radius 3 is 1.60 bits per heavy atom. The predicted molar refractivity (Wildman–Crippen MR) is 130 cm³/mol. The van der Waals surface area contributed by atoms with Crippen LogP contribution in [0.4, 0.5) is 0 Å². The van der Waals surface area contributed by atoms with Crippen LogP contribution >= 0.6 is 0 Å². The molecule has 174 valence electrons. The molecule has 1 aromatic carbocycles. The maximum Gasteiger partial charge on any atom is 0.0233 e.